The van der Waals surface area contributed by atoms with Gasteiger partial charge in [0.25, 0.3) is 0 Å². The summed E-state index contributed by atoms with van der Waals surface area (Å²) in [5.74, 6) is -0.188. The Morgan fingerprint density at radius 3 is 2.08 bits per heavy atom. The normalized spacial score (nSPS) is 11.1. The number of benzene rings is 1. The third kappa shape index (κ3) is 11.4. The Hall–Kier alpha value is -1.77. The molecule has 0 amide bonds. The van der Waals surface area contributed by atoms with Gasteiger partial charge in [-0.05, 0) is 18.6 Å². The molecular formula is C22H34O3. The fraction of sp³-hybridized carbons (Fsp3) is 0.591. The van der Waals surface area contributed by atoms with E-state index in [4.69, 9.17) is 9.84 Å². The molecule has 0 aliphatic carbocycles. The topological polar surface area (TPSA) is 46.5 Å². The molecule has 0 saturated heterocycles. The van der Waals surface area contributed by atoms with E-state index in [2.05, 4.69) is 6.92 Å². The molecule has 0 bridgehead atoms. The van der Waals surface area contributed by atoms with E-state index in [-0.39, 0.29) is 0 Å². The number of carboxylic acids is 1. The molecular weight excluding hydrogens is 312 g/mol. The van der Waals surface area contributed by atoms with Crippen LogP contribution in [0.15, 0.2) is 30.3 Å². The molecule has 3 heteroatoms. The number of para-hydroxylation sites is 1. The van der Waals surface area contributed by atoms with Crippen molar-refractivity contribution in [3.8, 4) is 5.75 Å². The van der Waals surface area contributed by atoms with Crippen LogP contribution in [0.25, 0.3) is 6.08 Å². The first kappa shape index (κ1) is 21.3. The Morgan fingerprint density at radius 1 is 0.920 bits per heavy atom. The molecule has 0 radical (unpaired) electrons. The summed E-state index contributed by atoms with van der Waals surface area (Å²) in [5.41, 5.74) is 0.813. The van der Waals surface area contributed by atoms with Gasteiger partial charge in [-0.3, -0.25) is 0 Å². The number of aliphatic carboxylic acids is 1. The number of unbranched alkanes of at least 4 members (excludes halogenated alkanes) is 10. The van der Waals surface area contributed by atoms with Crippen molar-refractivity contribution in [2.75, 3.05) is 6.61 Å². The fourth-order valence-corrected chi connectivity index (χ4v) is 2.86. The lowest BCUT2D eigenvalue weighted by Gasteiger charge is -2.09. The molecule has 0 aliphatic heterocycles. The molecule has 0 saturated carbocycles. The highest BCUT2D eigenvalue weighted by Crippen LogP contribution is 2.20. The van der Waals surface area contributed by atoms with E-state index in [1.807, 2.05) is 24.3 Å². The predicted molar refractivity (Wildman–Crippen MR) is 105 cm³/mol. The number of carbonyl (C=O) groups is 1. The van der Waals surface area contributed by atoms with Crippen molar-refractivity contribution >= 4 is 12.0 Å². The smallest absolute Gasteiger partial charge is 0.328 e. The Balaban J connectivity index is 2.06. The summed E-state index contributed by atoms with van der Waals surface area (Å²) in [6.45, 7) is 2.95. The van der Waals surface area contributed by atoms with E-state index < -0.39 is 5.97 Å². The zero-order valence-corrected chi connectivity index (χ0v) is 15.7. The zero-order chi connectivity index (χ0) is 18.2. The van der Waals surface area contributed by atoms with Gasteiger partial charge in [-0.1, -0.05) is 89.3 Å². The molecule has 25 heavy (non-hydrogen) atoms. The van der Waals surface area contributed by atoms with Crippen LogP contribution in [0.2, 0.25) is 0 Å². The average molecular weight is 347 g/mol. The first-order valence-electron chi connectivity index (χ1n) is 9.87. The van der Waals surface area contributed by atoms with E-state index in [9.17, 15) is 4.79 Å². The van der Waals surface area contributed by atoms with E-state index in [1.165, 1.54) is 64.2 Å². The second kappa shape index (κ2) is 14.6. The fourth-order valence-electron chi connectivity index (χ4n) is 2.86. The van der Waals surface area contributed by atoms with Crippen LogP contribution in [0.4, 0.5) is 0 Å². The second-order valence-corrected chi connectivity index (χ2v) is 6.59. The highest BCUT2D eigenvalue weighted by molar-refractivity contribution is 5.85. The number of carboxylic acid groups (broad SMARTS) is 1. The molecule has 3 nitrogen and oxygen atoms in total. The number of ether oxygens (including phenoxy) is 1. The Bertz CT molecular complexity index is 494. The minimum Gasteiger partial charge on any atom is -0.493 e. The van der Waals surface area contributed by atoms with Gasteiger partial charge in [0.05, 0.1) is 6.61 Å². The lowest BCUT2D eigenvalue weighted by atomic mass is 10.1. The second-order valence-electron chi connectivity index (χ2n) is 6.59. The quantitative estimate of drug-likeness (QED) is 0.292. The number of rotatable bonds is 15. The molecule has 1 aromatic carbocycles. The third-order valence-electron chi connectivity index (χ3n) is 4.33. The third-order valence-corrected chi connectivity index (χ3v) is 4.33. The molecule has 1 rings (SSSR count). The van der Waals surface area contributed by atoms with Gasteiger partial charge < -0.3 is 9.84 Å². The van der Waals surface area contributed by atoms with E-state index in [0.29, 0.717) is 6.61 Å². The molecule has 0 aliphatic rings. The van der Waals surface area contributed by atoms with Gasteiger partial charge in [-0.2, -0.15) is 0 Å². The molecule has 0 aromatic heterocycles. The van der Waals surface area contributed by atoms with Gasteiger partial charge in [-0.25, -0.2) is 4.79 Å². The molecule has 0 unspecified atom stereocenters. The molecule has 0 fully saturated rings. The predicted octanol–water partition coefficient (Wildman–Crippen LogP) is 6.47. The maximum Gasteiger partial charge on any atom is 0.328 e. The van der Waals surface area contributed by atoms with Crippen molar-refractivity contribution < 1.29 is 14.6 Å². The lowest BCUT2D eigenvalue weighted by Crippen LogP contribution is -1.99. The lowest BCUT2D eigenvalue weighted by molar-refractivity contribution is -0.131. The Labute approximate surface area is 153 Å². The highest BCUT2D eigenvalue weighted by atomic mass is 16.5. The van der Waals surface area contributed by atoms with E-state index in [1.54, 1.807) is 6.08 Å². The SMILES string of the molecule is CCCCCCCCCCCCCOc1ccccc1C=CC(=O)O. The van der Waals surface area contributed by atoms with Crippen molar-refractivity contribution in [2.24, 2.45) is 0 Å². The maximum atomic E-state index is 10.6. The van der Waals surface area contributed by atoms with E-state index in [0.717, 1.165) is 23.8 Å². The molecule has 0 atom stereocenters. The van der Waals surface area contributed by atoms with Crippen LogP contribution in [0.3, 0.4) is 0 Å². The molecule has 1 aromatic rings. The highest BCUT2D eigenvalue weighted by Gasteiger charge is 2.00. The van der Waals surface area contributed by atoms with Crippen molar-refractivity contribution in [2.45, 2.75) is 77.6 Å². The van der Waals surface area contributed by atoms with Crippen LogP contribution < -0.4 is 4.74 Å². The van der Waals surface area contributed by atoms with E-state index >= 15 is 0 Å². The summed E-state index contributed by atoms with van der Waals surface area (Å²) < 4.78 is 5.81. The van der Waals surface area contributed by atoms with Crippen LogP contribution in [0, 0.1) is 0 Å². The molecule has 0 spiro atoms. The number of hydrogen-bond donors (Lipinski definition) is 1. The van der Waals surface area contributed by atoms with Gasteiger partial charge in [0, 0.05) is 11.6 Å². The first-order chi connectivity index (χ1) is 12.2. The zero-order valence-electron chi connectivity index (χ0n) is 15.7. The van der Waals surface area contributed by atoms with Crippen LogP contribution in [0.5, 0.6) is 5.75 Å². The van der Waals surface area contributed by atoms with Crippen LogP contribution in [0.1, 0.15) is 83.1 Å². The molecule has 140 valence electrons. The summed E-state index contributed by atoms with van der Waals surface area (Å²) in [5, 5.41) is 8.73. The van der Waals surface area contributed by atoms with Gasteiger partial charge >= 0.3 is 5.97 Å². The maximum absolute atomic E-state index is 10.6. The summed E-state index contributed by atoms with van der Waals surface area (Å²) in [7, 11) is 0. The van der Waals surface area contributed by atoms with Gasteiger partial charge in [0.15, 0.2) is 0 Å². The van der Waals surface area contributed by atoms with Crippen LogP contribution in [-0.4, -0.2) is 17.7 Å². The van der Waals surface area contributed by atoms with Gasteiger partial charge in [-0.15, -0.1) is 0 Å². The largest absolute Gasteiger partial charge is 0.493 e. The van der Waals surface area contributed by atoms with Crippen LogP contribution >= 0.6 is 0 Å². The minimum absolute atomic E-state index is 0.689. The van der Waals surface area contributed by atoms with Gasteiger partial charge in [0.2, 0.25) is 0 Å². The monoisotopic (exact) mass is 346 g/mol. The van der Waals surface area contributed by atoms with Crippen LogP contribution in [-0.2, 0) is 4.79 Å². The Morgan fingerprint density at radius 2 is 1.48 bits per heavy atom. The summed E-state index contributed by atoms with van der Waals surface area (Å²) in [6.07, 6.45) is 17.2. The van der Waals surface area contributed by atoms with Crippen molar-refractivity contribution in [3.05, 3.63) is 35.9 Å². The Kier molecular flexibility index (Phi) is 12.4. The van der Waals surface area contributed by atoms with Crippen molar-refractivity contribution in [1.29, 1.82) is 0 Å². The van der Waals surface area contributed by atoms with Crippen molar-refractivity contribution in [3.63, 3.8) is 0 Å². The van der Waals surface area contributed by atoms with Crippen molar-refractivity contribution in [1.82, 2.24) is 0 Å². The summed E-state index contributed by atoms with van der Waals surface area (Å²) in [4.78, 5) is 10.6. The molecule has 0 heterocycles. The minimum atomic E-state index is -0.944. The average Bonchev–Trinajstić information content (AvgIpc) is 2.61. The molecule has 1 N–H and O–H groups in total. The summed E-state index contributed by atoms with van der Waals surface area (Å²) in [6, 6.07) is 7.56. The summed E-state index contributed by atoms with van der Waals surface area (Å²) >= 11 is 0. The standard InChI is InChI=1S/C22H34O3/c1-2-3-4-5-6-7-8-9-10-11-14-19-25-21-16-13-12-15-20(21)17-18-22(23)24/h12-13,15-18H,2-11,14,19H2,1H3,(H,23,24). The number of hydrogen-bond acceptors (Lipinski definition) is 2. The first-order valence-corrected chi connectivity index (χ1v) is 9.87. The van der Waals surface area contributed by atoms with Gasteiger partial charge in [0.1, 0.15) is 5.75 Å².